The minimum atomic E-state index is -0.926. The Hall–Kier alpha value is -4.91. The van der Waals surface area contributed by atoms with Gasteiger partial charge in [-0.2, -0.15) is 0 Å². The highest BCUT2D eigenvalue weighted by atomic mass is 16.5. The molecule has 2 aliphatic carbocycles. The van der Waals surface area contributed by atoms with E-state index in [-0.39, 0.29) is 41.3 Å². The first kappa shape index (κ1) is 27.9. The Morgan fingerprint density at radius 3 is 2.39 bits per heavy atom. The molecule has 3 aliphatic rings. The number of carbonyl (C=O) groups is 4. The van der Waals surface area contributed by atoms with Crippen LogP contribution < -0.4 is 4.90 Å². The zero-order chi connectivity index (χ0) is 30.7. The second kappa shape index (κ2) is 10.7. The van der Waals surface area contributed by atoms with Crippen LogP contribution in [0, 0.1) is 30.6 Å². The highest BCUT2D eigenvalue weighted by molar-refractivity contribution is 6.23. The number of hydrogen-bond donors (Lipinski definition) is 0. The van der Waals surface area contributed by atoms with Crippen molar-refractivity contribution in [2.75, 3.05) is 4.90 Å². The van der Waals surface area contributed by atoms with E-state index < -0.39 is 12.1 Å². The van der Waals surface area contributed by atoms with Crippen LogP contribution in [-0.2, 0) is 14.3 Å². The van der Waals surface area contributed by atoms with Gasteiger partial charge in [-0.3, -0.25) is 19.3 Å². The van der Waals surface area contributed by atoms with Crippen LogP contribution in [0.1, 0.15) is 53.0 Å². The average Bonchev–Trinajstić information content (AvgIpc) is 3.69. The molecule has 0 radical (unpaired) electrons. The van der Waals surface area contributed by atoms with Crippen molar-refractivity contribution in [1.29, 1.82) is 0 Å². The van der Waals surface area contributed by atoms with E-state index in [4.69, 9.17) is 9.72 Å². The Kier molecular flexibility index (Phi) is 6.76. The lowest BCUT2D eigenvalue weighted by molar-refractivity contribution is -0.123. The number of aryl methyl sites for hydroxylation is 1. The lowest BCUT2D eigenvalue weighted by Crippen LogP contribution is -2.32. The number of aromatic nitrogens is 1. The Bertz CT molecular complexity index is 1880. The number of carbonyl (C=O) groups excluding carboxylic acids is 4. The quantitative estimate of drug-likeness (QED) is 0.104. The number of benzene rings is 3. The number of nitrogens with zero attached hydrogens (tertiary/aromatic N) is 2. The van der Waals surface area contributed by atoms with Gasteiger partial charge in [0.05, 0.1) is 34.3 Å². The molecule has 1 aromatic heterocycles. The lowest BCUT2D eigenvalue weighted by atomic mass is 9.82. The zero-order valence-corrected chi connectivity index (χ0v) is 24.8. The Morgan fingerprint density at radius 2 is 1.66 bits per heavy atom. The van der Waals surface area contributed by atoms with E-state index >= 15 is 0 Å². The second-order valence-corrected chi connectivity index (χ2v) is 12.1. The van der Waals surface area contributed by atoms with Crippen LogP contribution in [0.3, 0.4) is 0 Å². The molecule has 5 unspecified atom stereocenters. The summed E-state index contributed by atoms with van der Waals surface area (Å²) in [5.41, 5.74) is 5.36. The number of fused-ring (bicyclic) bond motifs is 6. The van der Waals surface area contributed by atoms with Gasteiger partial charge in [0.15, 0.2) is 6.10 Å². The number of anilines is 1. The minimum Gasteiger partial charge on any atom is -0.450 e. The molecule has 4 aromatic rings. The first-order valence-corrected chi connectivity index (χ1v) is 15.1. The minimum absolute atomic E-state index is 0.118. The molecular formula is C37H32N2O5. The van der Waals surface area contributed by atoms with Crippen molar-refractivity contribution in [2.24, 2.45) is 23.7 Å². The summed E-state index contributed by atoms with van der Waals surface area (Å²) in [6.07, 6.45) is 2.47. The molecule has 0 spiro atoms. The first-order chi connectivity index (χ1) is 21.3. The van der Waals surface area contributed by atoms with Crippen molar-refractivity contribution in [1.82, 2.24) is 4.98 Å². The number of imide groups is 1. The molecule has 44 heavy (non-hydrogen) atoms. The van der Waals surface area contributed by atoms with Crippen LogP contribution >= 0.6 is 0 Å². The third-order valence-corrected chi connectivity index (χ3v) is 9.53. The van der Waals surface area contributed by atoms with Crippen LogP contribution in [-0.4, -0.2) is 34.7 Å². The number of amides is 2. The van der Waals surface area contributed by atoms with E-state index in [2.05, 4.69) is 13.0 Å². The summed E-state index contributed by atoms with van der Waals surface area (Å²) in [5, 5.41) is 0.635. The largest absolute Gasteiger partial charge is 0.450 e. The monoisotopic (exact) mass is 584 g/mol. The van der Waals surface area contributed by atoms with Crippen molar-refractivity contribution in [3.8, 4) is 11.3 Å². The molecule has 7 heteroatoms. The number of ketones is 1. The zero-order valence-electron chi connectivity index (χ0n) is 24.8. The van der Waals surface area contributed by atoms with E-state index in [1.807, 2.05) is 50.2 Å². The van der Waals surface area contributed by atoms with Crippen molar-refractivity contribution in [3.63, 3.8) is 0 Å². The molecule has 2 bridgehead atoms. The maximum atomic E-state index is 13.6. The number of pyridine rings is 1. The number of para-hydroxylation sites is 1. The molecule has 3 aromatic carbocycles. The van der Waals surface area contributed by atoms with Gasteiger partial charge in [0.2, 0.25) is 17.6 Å². The van der Waals surface area contributed by atoms with Gasteiger partial charge < -0.3 is 4.74 Å². The predicted molar refractivity (Wildman–Crippen MR) is 167 cm³/mol. The van der Waals surface area contributed by atoms with Gasteiger partial charge in [-0.05, 0) is 62.3 Å². The number of ether oxygens (including phenoxy) is 1. The molecule has 2 heterocycles. The molecule has 5 atom stereocenters. The summed E-state index contributed by atoms with van der Waals surface area (Å²) >= 11 is 0. The molecule has 2 fully saturated rings. The van der Waals surface area contributed by atoms with Gasteiger partial charge in [0.25, 0.3) is 0 Å². The van der Waals surface area contributed by atoms with Gasteiger partial charge in [-0.15, -0.1) is 0 Å². The topological polar surface area (TPSA) is 93.6 Å². The molecular weight excluding hydrogens is 552 g/mol. The van der Waals surface area contributed by atoms with E-state index in [1.165, 1.54) is 10.5 Å². The summed E-state index contributed by atoms with van der Waals surface area (Å²) in [6, 6.07) is 23.3. The SMILES string of the molecule is CCC(OC(=O)c1cc(-c2ccc(N3C(=O)C4C5C=C(C)C(C5)C4C3=O)cc2)nc2c(C)cccc12)C(=O)c1ccccc1. The predicted octanol–water partition coefficient (Wildman–Crippen LogP) is 6.73. The number of rotatable bonds is 7. The van der Waals surface area contributed by atoms with Crippen LogP contribution in [0.2, 0.25) is 0 Å². The Balaban J connectivity index is 1.20. The molecule has 220 valence electrons. The van der Waals surface area contributed by atoms with Crippen molar-refractivity contribution in [2.45, 2.75) is 39.7 Å². The maximum Gasteiger partial charge on any atom is 0.339 e. The van der Waals surface area contributed by atoms with Crippen LogP contribution in [0.15, 0.2) is 90.5 Å². The van der Waals surface area contributed by atoms with Gasteiger partial charge in [-0.25, -0.2) is 9.78 Å². The summed E-state index contributed by atoms with van der Waals surface area (Å²) in [4.78, 5) is 59.8. The molecule has 7 rings (SSSR count). The Morgan fingerprint density at radius 1 is 0.932 bits per heavy atom. The molecule has 1 aliphatic heterocycles. The van der Waals surface area contributed by atoms with Crippen LogP contribution in [0.5, 0.6) is 0 Å². The third-order valence-electron chi connectivity index (χ3n) is 9.53. The lowest BCUT2D eigenvalue weighted by Gasteiger charge is -2.19. The van der Waals surface area contributed by atoms with E-state index in [9.17, 15) is 19.2 Å². The number of Topliss-reactive ketones (excluding diaryl/α,β-unsaturated/α-hetero) is 1. The second-order valence-electron chi connectivity index (χ2n) is 12.1. The highest BCUT2D eigenvalue weighted by Gasteiger charge is 2.60. The fourth-order valence-electron chi connectivity index (χ4n) is 7.32. The maximum absolute atomic E-state index is 13.6. The van der Waals surface area contributed by atoms with E-state index in [1.54, 1.807) is 42.5 Å². The van der Waals surface area contributed by atoms with Crippen molar-refractivity contribution < 1.29 is 23.9 Å². The van der Waals surface area contributed by atoms with Crippen molar-refractivity contribution in [3.05, 3.63) is 107 Å². The molecule has 0 N–H and O–H groups in total. The normalized spacial score (nSPS) is 22.7. The third kappa shape index (κ3) is 4.37. The summed E-state index contributed by atoms with van der Waals surface area (Å²) < 4.78 is 5.81. The van der Waals surface area contributed by atoms with E-state index in [0.29, 0.717) is 39.8 Å². The molecule has 1 saturated carbocycles. The summed E-state index contributed by atoms with van der Waals surface area (Å²) in [6.45, 7) is 5.80. The van der Waals surface area contributed by atoms with Gasteiger partial charge >= 0.3 is 5.97 Å². The summed E-state index contributed by atoms with van der Waals surface area (Å²) in [5.74, 6) is -1.33. The Labute approximate surface area is 255 Å². The summed E-state index contributed by atoms with van der Waals surface area (Å²) in [7, 11) is 0. The fourth-order valence-corrected chi connectivity index (χ4v) is 7.32. The van der Waals surface area contributed by atoms with Gasteiger partial charge in [0.1, 0.15) is 0 Å². The molecule has 1 saturated heterocycles. The fraction of sp³-hybridized carbons (Fsp3) is 0.270. The molecule has 7 nitrogen and oxygen atoms in total. The first-order valence-electron chi connectivity index (χ1n) is 15.1. The van der Waals surface area contributed by atoms with Crippen LogP contribution in [0.4, 0.5) is 5.69 Å². The number of allylic oxidation sites excluding steroid dienone is 2. The number of hydrogen-bond acceptors (Lipinski definition) is 6. The standard InChI is InChI=1S/C37H32N2O5/c1-4-30(34(40)23-10-6-5-7-11-23)44-37(43)28-19-29(38-33-20(2)9-8-12-26(28)33)22-13-15-25(16-14-22)39-35(41)31-24-17-21(3)27(18-24)32(31)36(39)42/h5-17,19,24,27,30-32H,4,18H2,1-3H3. The van der Waals surface area contributed by atoms with Gasteiger partial charge in [-0.1, -0.05) is 79.2 Å². The van der Waals surface area contributed by atoms with E-state index in [0.717, 1.165) is 17.5 Å². The molecule has 2 amide bonds. The van der Waals surface area contributed by atoms with Crippen molar-refractivity contribution >= 4 is 40.2 Å². The van der Waals surface area contributed by atoms with Gasteiger partial charge in [0, 0.05) is 16.5 Å². The smallest absolute Gasteiger partial charge is 0.339 e. The van der Waals surface area contributed by atoms with Crippen LogP contribution in [0.25, 0.3) is 22.2 Å². The highest BCUT2D eigenvalue weighted by Crippen LogP contribution is 2.56. The number of esters is 1. The average molecular weight is 585 g/mol.